The van der Waals surface area contributed by atoms with E-state index in [1.54, 1.807) is 55.6 Å². The van der Waals surface area contributed by atoms with Crippen LogP contribution < -0.4 is 10.1 Å². The van der Waals surface area contributed by atoms with Crippen molar-refractivity contribution < 1.29 is 14.3 Å². The minimum absolute atomic E-state index is 0.0233. The number of piperazine rings is 1. The van der Waals surface area contributed by atoms with Crippen molar-refractivity contribution in [2.24, 2.45) is 0 Å². The monoisotopic (exact) mass is 367 g/mol. The SMILES string of the molecule is CCN1CCN(C(=O)c2cccc(C(=O)Nc3ccc(OC)cc3)c2)CC1. The molecule has 0 radical (unpaired) electrons. The Morgan fingerprint density at radius 1 is 1.00 bits per heavy atom. The molecular formula is C21H25N3O3. The molecule has 6 nitrogen and oxygen atoms in total. The fourth-order valence-corrected chi connectivity index (χ4v) is 3.12. The maximum atomic E-state index is 12.8. The Balaban J connectivity index is 1.67. The van der Waals surface area contributed by atoms with Crippen molar-refractivity contribution in [1.82, 2.24) is 9.80 Å². The van der Waals surface area contributed by atoms with Gasteiger partial charge in [-0.05, 0) is 49.0 Å². The fraction of sp³-hybridized carbons (Fsp3) is 0.333. The molecule has 0 atom stereocenters. The van der Waals surface area contributed by atoms with Gasteiger partial charge >= 0.3 is 0 Å². The molecule has 0 saturated carbocycles. The third kappa shape index (κ3) is 4.65. The van der Waals surface area contributed by atoms with Crippen LogP contribution >= 0.6 is 0 Å². The van der Waals surface area contributed by atoms with E-state index in [1.165, 1.54) is 0 Å². The van der Waals surface area contributed by atoms with Gasteiger partial charge in [-0.2, -0.15) is 0 Å². The van der Waals surface area contributed by atoms with Crippen LogP contribution in [-0.4, -0.2) is 61.4 Å². The highest BCUT2D eigenvalue weighted by atomic mass is 16.5. The quantitative estimate of drug-likeness (QED) is 0.883. The summed E-state index contributed by atoms with van der Waals surface area (Å²) in [5.74, 6) is 0.458. The number of hydrogen-bond donors (Lipinski definition) is 1. The summed E-state index contributed by atoms with van der Waals surface area (Å²) in [7, 11) is 1.60. The zero-order chi connectivity index (χ0) is 19.2. The number of amides is 2. The van der Waals surface area contributed by atoms with E-state index < -0.39 is 0 Å². The first kappa shape index (κ1) is 18.9. The lowest BCUT2D eigenvalue weighted by Crippen LogP contribution is -2.48. The summed E-state index contributed by atoms with van der Waals surface area (Å²) in [6.07, 6.45) is 0. The van der Waals surface area contributed by atoms with E-state index >= 15 is 0 Å². The van der Waals surface area contributed by atoms with Crippen molar-refractivity contribution in [2.45, 2.75) is 6.92 Å². The normalized spacial score (nSPS) is 14.7. The number of methoxy groups -OCH3 is 1. The van der Waals surface area contributed by atoms with Gasteiger partial charge in [0.15, 0.2) is 0 Å². The molecule has 0 bridgehead atoms. The van der Waals surface area contributed by atoms with E-state index in [-0.39, 0.29) is 11.8 Å². The van der Waals surface area contributed by atoms with Crippen LogP contribution in [0.5, 0.6) is 5.75 Å². The van der Waals surface area contributed by atoms with Crippen LogP contribution in [0, 0.1) is 0 Å². The van der Waals surface area contributed by atoms with Crippen LogP contribution in [0.4, 0.5) is 5.69 Å². The number of nitrogens with one attached hydrogen (secondary N) is 1. The topological polar surface area (TPSA) is 61.9 Å². The van der Waals surface area contributed by atoms with Crippen molar-refractivity contribution in [3.8, 4) is 5.75 Å². The molecule has 1 aliphatic rings. The van der Waals surface area contributed by atoms with Crippen LogP contribution in [0.2, 0.25) is 0 Å². The van der Waals surface area contributed by atoms with E-state index in [0.29, 0.717) is 16.8 Å². The zero-order valence-electron chi connectivity index (χ0n) is 15.8. The predicted octanol–water partition coefficient (Wildman–Crippen LogP) is 2.73. The maximum Gasteiger partial charge on any atom is 0.255 e. The Morgan fingerprint density at radius 2 is 1.67 bits per heavy atom. The lowest BCUT2D eigenvalue weighted by Gasteiger charge is -2.34. The third-order valence-electron chi connectivity index (χ3n) is 4.83. The second kappa shape index (κ2) is 8.68. The first-order valence-corrected chi connectivity index (χ1v) is 9.18. The maximum absolute atomic E-state index is 12.8. The highest BCUT2D eigenvalue weighted by molar-refractivity contribution is 6.06. The molecule has 0 unspecified atom stereocenters. The van der Waals surface area contributed by atoms with Crippen molar-refractivity contribution in [1.29, 1.82) is 0 Å². The third-order valence-corrected chi connectivity index (χ3v) is 4.83. The first-order valence-electron chi connectivity index (χ1n) is 9.18. The number of nitrogens with zero attached hydrogens (tertiary/aromatic N) is 2. The number of hydrogen-bond acceptors (Lipinski definition) is 4. The van der Waals surface area contributed by atoms with Crippen LogP contribution in [0.1, 0.15) is 27.6 Å². The van der Waals surface area contributed by atoms with Gasteiger partial charge in [-0.1, -0.05) is 13.0 Å². The van der Waals surface area contributed by atoms with Crippen LogP contribution in [-0.2, 0) is 0 Å². The first-order chi connectivity index (χ1) is 13.1. The van der Waals surface area contributed by atoms with Gasteiger partial charge < -0.3 is 19.9 Å². The average molecular weight is 367 g/mol. The van der Waals surface area contributed by atoms with Gasteiger partial charge in [-0.25, -0.2) is 0 Å². The molecule has 27 heavy (non-hydrogen) atoms. The number of anilines is 1. The Bertz CT molecular complexity index is 797. The molecule has 1 saturated heterocycles. The highest BCUT2D eigenvalue weighted by Crippen LogP contribution is 2.17. The molecule has 0 aromatic heterocycles. The Hall–Kier alpha value is -2.86. The van der Waals surface area contributed by atoms with E-state index in [9.17, 15) is 9.59 Å². The summed E-state index contributed by atoms with van der Waals surface area (Å²) in [6, 6.07) is 14.0. The summed E-state index contributed by atoms with van der Waals surface area (Å²) in [5, 5.41) is 2.84. The van der Waals surface area contributed by atoms with Crippen LogP contribution in [0.3, 0.4) is 0 Å². The van der Waals surface area contributed by atoms with Gasteiger partial charge in [0.2, 0.25) is 0 Å². The van der Waals surface area contributed by atoms with E-state index in [2.05, 4.69) is 17.1 Å². The summed E-state index contributed by atoms with van der Waals surface area (Å²) in [5.41, 5.74) is 1.68. The van der Waals surface area contributed by atoms with Crippen molar-refractivity contribution in [2.75, 3.05) is 45.2 Å². The van der Waals surface area contributed by atoms with Crippen molar-refractivity contribution >= 4 is 17.5 Å². The molecule has 1 aliphatic heterocycles. The van der Waals surface area contributed by atoms with E-state index in [4.69, 9.17) is 4.74 Å². The summed E-state index contributed by atoms with van der Waals surface area (Å²) >= 11 is 0. The number of carbonyl (C=O) groups excluding carboxylic acids is 2. The van der Waals surface area contributed by atoms with E-state index in [1.807, 2.05) is 4.90 Å². The lowest BCUT2D eigenvalue weighted by molar-refractivity contribution is 0.0643. The molecule has 2 amide bonds. The summed E-state index contributed by atoms with van der Waals surface area (Å²) in [6.45, 7) is 6.34. The molecule has 0 spiro atoms. The van der Waals surface area contributed by atoms with E-state index in [0.717, 1.165) is 38.5 Å². The number of ether oxygens (including phenoxy) is 1. The average Bonchev–Trinajstić information content (AvgIpc) is 2.74. The van der Waals surface area contributed by atoms with Gasteiger partial charge in [0.05, 0.1) is 7.11 Å². The molecule has 1 heterocycles. The Kier molecular flexibility index (Phi) is 6.08. The summed E-state index contributed by atoms with van der Waals surface area (Å²) in [4.78, 5) is 29.5. The molecule has 0 aliphatic carbocycles. The number of benzene rings is 2. The standard InChI is InChI=1S/C21H25N3O3/c1-3-23-11-13-24(14-12-23)21(26)17-6-4-5-16(15-17)20(25)22-18-7-9-19(27-2)10-8-18/h4-10,15H,3,11-14H2,1-2H3,(H,22,25). The van der Waals surface area contributed by atoms with Gasteiger partial charge in [0.1, 0.15) is 5.75 Å². The smallest absolute Gasteiger partial charge is 0.255 e. The number of likely N-dealkylation sites (N-methyl/N-ethyl adjacent to an activating group) is 1. The minimum atomic E-state index is -0.245. The highest BCUT2D eigenvalue weighted by Gasteiger charge is 2.22. The molecule has 2 aromatic rings. The van der Waals surface area contributed by atoms with Gasteiger partial charge in [0.25, 0.3) is 11.8 Å². The molecular weight excluding hydrogens is 342 g/mol. The number of carbonyl (C=O) groups is 2. The second-order valence-electron chi connectivity index (χ2n) is 6.49. The van der Waals surface area contributed by atoms with Gasteiger partial charge in [-0.15, -0.1) is 0 Å². The Labute approximate surface area is 159 Å². The van der Waals surface area contributed by atoms with Gasteiger partial charge in [0, 0.05) is 43.0 Å². The molecule has 1 fully saturated rings. The predicted molar refractivity (Wildman–Crippen MR) is 105 cm³/mol. The van der Waals surface area contributed by atoms with Crippen molar-refractivity contribution in [3.05, 3.63) is 59.7 Å². The van der Waals surface area contributed by atoms with Crippen LogP contribution in [0.25, 0.3) is 0 Å². The second-order valence-corrected chi connectivity index (χ2v) is 6.49. The molecule has 142 valence electrons. The lowest BCUT2D eigenvalue weighted by atomic mass is 10.1. The van der Waals surface area contributed by atoms with Gasteiger partial charge in [-0.3, -0.25) is 9.59 Å². The zero-order valence-corrected chi connectivity index (χ0v) is 15.8. The largest absolute Gasteiger partial charge is 0.497 e. The fourth-order valence-electron chi connectivity index (χ4n) is 3.12. The number of rotatable bonds is 5. The summed E-state index contributed by atoms with van der Waals surface area (Å²) < 4.78 is 5.11. The minimum Gasteiger partial charge on any atom is -0.497 e. The molecule has 3 rings (SSSR count). The molecule has 6 heteroatoms. The van der Waals surface area contributed by atoms with Crippen molar-refractivity contribution in [3.63, 3.8) is 0 Å². The molecule has 1 N–H and O–H groups in total. The van der Waals surface area contributed by atoms with Crippen LogP contribution in [0.15, 0.2) is 48.5 Å². The molecule has 2 aromatic carbocycles. The Morgan fingerprint density at radius 3 is 2.30 bits per heavy atom.